The van der Waals surface area contributed by atoms with Crippen molar-refractivity contribution < 1.29 is 18.0 Å². The summed E-state index contributed by atoms with van der Waals surface area (Å²) < 4.78 is 39.1. The molecule has 0 saturated carbocycles. The van der Waals surface area contributed by atoms with Crippen molar-refractivity contribution in [2.75, 3.05) is 6.54 Å². The summed E-state index contributed by atoms with van der Waals surface area (Å²) >= 11 is 0. The number of hydrogen-bond donors (Lipinski definition) is 2. The topological polar surface area (TPSA) is 55.1 Å². The van der Waals surface area contributed by atoms with Crippen LogP contribution in [-0.2, 0) is 11.0 Å². The minimum absolute atomic E-state index is 0. The lowest BCUT2D eigenvalue weighted by Gasteiger charge is -2.31. The highest BCUT2D eigenvalue weighted by molar-refractivity contribution is 5.85. The van der Waals surface area contributed by atoms with E-state index >= 15 is 0 Å². The van der Waals surface area contributed by atoms with Gasteiger partial charge in [0.15, 0.2) is 0 Å². The molecule has 0 heterocycles. The van der Waals surface area contributed by atoms with Crippen LogP contribution in [0.1, 0.15) is 50.8 Å². The molecule has 0 aliphatic heterocycles. The third kappa shape index (κ3) is 4.85. The van der Waals surface area contributed by atoms with Crippen molar-refractivity contribution >= 4 is 18.3 Å². The highest BCUT2D eigenvalue weighted by atomic mass is 35.5. The van der Waals surface area contributed by atoms with Gasteiger partial charge in [0.05, 0.1) is 17.0 Å². The molecule has 23 heavy (non-hydrogen) atoms. The second kappa shape index (κ2) is 8.55. The zero-order valence-electron chi connectivity index (χ0n) is 13.5. The molecule has 1 unspecified atom stereocenters. The number of halogens is 4. The Morgan fingerprint density at radius 1 is 1.22 bits per heavy atom. The highest BCUT2D eigenvalue weighted by Crippen LogP contribution is 2.35. The number of hydrogen-bond acceptors (Lipinski definition) is 2. The van der Waals surface area contributed by atoms with Gasteiger partial charge < -0.3 is 11.1 Å². The summed E-state index contributed by atoms with van der Waals surface area (Å²) in [6.07, 6.45) is -3.37. The van der Waals surface area contributed by atoms with Crippen molar-refractivity contribution in [3.63, 3.8) is 0 Å². The van der Waals surface area contributed by atoms with Crippen LogP contribution in [0, 0.1) is 5.41 Å². The Morgan fingerprint density at radius 2 is 1.74 bits per heavy atom. The van der Waals surface area contributed by atoms with Gasteiger partial charge in [-0.15, -0.1) is 12.4 Å². The van der Waals surface area contributed by atoms with Crippen LogP contribution >= 0.6 is 12.4 Å². The number of alkyl halides is 3. The van der Waals surface area contributed by atoms with Crippen LogP contribution in [0.15, 0.2) is 24.3 Å². The van der Waals surface area contributed by atoms with Crippen LogP contribution in [0.3, 0.4) is 0 Å². The van der Waals surface area contributed by atoms with E-state index in [1.807, 2.05) is 13.8 Å². The standard InChI is InChI=1S/C16H23F3N2O.ClH/c1-4-15(5-2,10-20)14(22)21-11(3)12-8-6-7-9-13(12)16(17,18)19;/h6-9,11H,4-5,10,20H2,1-3H3,(H,21,22);1H. The van der Waals surface area contributed by atoms with Gasteiger partial charge in [0.1, 0.15) is 0 Å². The molecule has 1 rings (SSSR count). The van der Waals surface area contributed by atoms with Gasteiger partial charge in [-0.05, 0) is 31.4 Å². The van der Waals surface area contributed by atoms with Crippen molar-refractivity contribution in [3.8, 4) is 0 Å². The summed E-state index contributed by atoms with van der Waals surface area (Å²) in [5, 5.41) is 2.68. The van der Waals surface area contributed by atoms with Crippen LogP contribution in [0.25, 0.3) is 0 Å². The molecule has 0 aliphatic carbocycles. The Morgan fingerprint density at radius 3 is 2.17 bits per heavy atom. The normalized spacial score (nSPS) is 13.2. The van der Waals surface area contributed by atoms with E-state index in [1.165, 1.54) is 18.2 Å². The first-order valence-electron chi connectivity index (χ1n) is 7.39. The zero-order valence-corrected chi connectivity index (χ0v) is 14.4. The summed E-state index contributed by atoms with van der Waals surface area (Å²) in [7, 11) is 0. The number of carbonyl (C=O) groups is 1. The molecule has 0 saturated heterocycles. The molecule has 0 fully saturated rings. The maximum absolute atomic E-state index is 13.0. The van der Waals surface area contributed by atoms with Crippen LogP contribution in [0.5, 0.6) is 0 Å². The molecule has 1 aromatic carbocycles. The fraction of sp³-hybridized carbons (Fsp3) is 0.562. The molecule has 0 radical (unpaired) electrons. The summed E-state index contributed by atoms with van der Waals surface area (Å²) in [6.45, 7) is 5.42. The second-order valence-corrected chi connectivity index (χ2v) is 5.47. The van der Waals surface area contributed by atoms with Crippen LogP contribution in [0.4, 0.5) is 13.2 Å². The van der Waals surface area contributed by atoms with Crippen molar-refractivity contribution in [2.24, 2.45) is 11.1 Å². The van der Waals surface area contributed by atoms with E-state index in [-0.39, 0.29) is 30.4 Å². The summed E-state index contributed by atoms with van der Waals surface area (Å²) in [4.78, 5) is 12.4. The van der Waals surface area contributed by atoms with E-state index < -0.39 is 23.2 Å². The third-order valence-corrected chi connectivity index (χ3v) is 4.31. The first-order chi connectivity index (χ1) is 10.2. The predicted molar refractivity (Wildman–Crippen MR) is 87.3 cm³/mol. The molecular weight excluding hydrogens is 329 g/mol. The number of nitrogens with one attached hydrogen (secondary N) is 1. The van der Waals surface area contributed by atoms with E-state index in [9.17, 15) is 18.0 Å². The monoisotopic (exact) mass is 352 g/mol. The molecule has 132 valence electrons. The number of carbonyl (C=O) groups excluding carboxylic acids is 1. The van der Waals surface area contributed by atoms with Gasteiger partial charge in [0.25, 0.3) is 0 Å². The van der Waals surface area contributed by atoms with Gasteiger partial charge in [-0.2, -0.15) is 13.2 Å². The van der Waals surface area contributed by atoms with E-state index in [0.29, 0.717) is 12.8 Å². The molecule has 1 aromatic rings. The molecular formula is C16H24ClF3N2O. The maximum atomic E-state index is 13.0. The van der Waals surface area contributed by atoms with Crippen molar-refractivity contribution in [3.05, 3.63) is 35.4 Å². The second-order valence-electron chi connectivity index (χ2n) is 5.47. The Labute approximate surface area is 141 Å². The van der Waals surface area contributed by atoms with E-state index in [1.54, 1.807) is 6.92 Å². The summed E-state index contributed by atoms with van der Waals surface area (Å²) in [6, 6.07) is 4.53. The molecule has 0 spiro atoms. The Bertz CT molecular complexity index is 508. The highest BCUT2D eigenvalue weighted by Gasteiger charge is 2.37. The van der Waals surface area contributed by atoms with Gasteiger partial charge in [0.2, 0.25) is 5.91 Å². The quantitative estimate of drug-likeness (QED) is 0.810. The number of nitrogens with two attached hydrogens (primary N) is 1. The molecule has 7 heteroatoms. The minimum Gasteiger partial charge on any atom is -0.349 e. The van der Waals surface area contributed by atoms with Crippen molar-refractivity contribution in [1.29, 1.82) is 0 Å². The average molecular weight is 353 g/mol. The minimum atomic E-state index is -4.45. The lowest BCUT2D eigenvalue weighted by Crippen LogP contribution is -2.46. The van der Waals surface area contributed by atoms with Crippen molar-refractivity contribution in [1.82, 2.24) is 5.32 Å². The zero-order chi connectivity index (χ0) is 17.0. The smallest absolute Gasteiger partial charge is 0.349 e. The van der Waals surface area contributed by atoms with Crippen LogP contribution in [0.2, 0.25) is 0 Å². The molecule has 1 atom stereocenters. The van der Waals surface area contributed by atoms with E-state index in [4.69, 9.17) is 5.73 Å². The largest absolute Gasteiger partial charge is 0.416 e. The molecule has 0 aliphatic rings. The summed E-state index contributed by atoms with van der Waals surface area (Å²) in [5.41, 5.74) is 4.30. The fourth-order valence-corrected chi connectivity index (χ4v) is 2.51. The Kier molecular flexibility index (Phi) is 8.07. The molecule has 3 N–H and O–H groups in total. The fourth-order valence-electron chi connectivity index (χ4n) is 2.51. The number of benzene rings is 1. The first-order valence-corrected chi connectivity index (χ1v) is 7.39. The predicted octanol–water partition coefficient (Wildman–Crippen LogP) is 4.07. The molecule has 1 amide bonds. The number of amides is 1. The summed E-state index contributed by atoms with van der Waals surface area (Å²) in [5.74, 6) is -0.301. The van der Waals surface area contributed by atoms with E-state index in [2.05, 4.69) is 5.32 Å². The Hall–Kier alpha value is -1.27. The molecule has 3 nitrogen and oxygen atoms in total. The van der Waals surface area contributed by atoms with Gasteiger partial charge in [0, 0.05) is 6.54 Å². The van der Waals surface area contributed by atoms with Crippen LogP contribution < -0.4 is 11.1 Å². The molecule has 0 bridgehead atoms. The lowest BCUT2D eigenvalue weighted by molar-refractivity contribution is -0.139. The van der Waals surface area contributed by atoms with Crippen molar-refractivity contribution in [2.45, 2.75) is 45.8 Å². The molecule has 0 aromatic heterocycles. The third-order valence-electron chi connectivity index (χ3n) is 4.31. The van der Waals surface area contributed by atoms with E-state index in [0.717, 1.165) is 6.07 Å². The first kappa shape index (κ1) is 21.7. The number of rotatable bonds is 6. The van der Waals surface area contributed by atoms with Gasteiger partial charge in [-0.3, -0.25) is 4.79 Å². The van der Waals surface area contributed by atoms with Gasteiger partial charge in [-0.1, -0.05) is 32.0 Å². The maximum Gasteiger partial charge on any atom is 0.416 e. The van der Waals surface area contributed by atoms with Gasteiger partial charge in [-0.25, -0.2) is 0 Å². The SMILES string of the molecule is CCC(CC)(CN)C(=O)NC(C)c1ccccc1C(F)(F)F.Cl. The average Bonchev–Trinajstić information content (AvgIpc) is 2.48. The van der Waals surface area contributed by atoms with Crippen LogP contribution in [-0.4, -0.2) is 12.5 Å². The Balaban J connectivity index is 0.00000484. The lowest BCUT2D eigenvalue weighted by atomic mass is 9.81. The van der Waals surface area contributed by atoms with Gasteiger partial charge >= 0.3 is 6.18 Å².